The van der Waals surface area contributed by atoms with Crippen molar-refractivity contribution in [2.45, 2.75) is 38.3 Å². The zero-order valence-electron chi connectivity index (χ0n) is 13.9. The Hall–Kier alpha value is -2.11. The van der Waals surface area contributed by atoms with Crippen LogP contribution in [0.25, 0.3) is 0 Å². The number of carbonyl (C=O) groups excluding carboxylic acids is 1. The summed E-state index contributed by atoms with van der Waals surface area (Å²) in [6.07, 6.45) is 6.13. The molecule has 0 saturated heterocycles. The van der Waals surface area contributed by atoms with E-state index in [4.69, 9.17) is 11.6 Å². The molecule has 1 aliphatic carbocycles. The number of nitrogens with one attached hydrogen (secondary N) is 2. The molecule has 1 atom stereocenters. The topological polar surface area (TPSA) is 74.2 Å². The van der Waals surface area contributed by atoms with Gasteiger partial charge in [-0.05, 0) is 43.2 Å². The Morgan fingerprint density at radius 1 is 1.20 bits per heavy atom. The van der Waals surface area contributed by atoms with Gasteiger partial charge in [0.15, 0.2) is 0 Å². The second-order valence-electron chi connectivity index (χ2n) is 6.35. The third-order valence-corrected chi connectivity index (χ3v) is 4.85. The van der Waals surface area contributed by atoms with Crippen molar-refractivity contribution in [3.63, 3.8) is 0 Å². The number of hydrogen-bond acceptors (Lipinski definition) is 4. The van der Waals surface area contributed by atoms with Crippen LogP contribution in [0.4, 0.5) is 11.5 Å². The summed E-state index contributed by atoms with van der Waals surface area (Å²) < 4.78 is 0. The summed E-state index contributed by atoms with van der Waals surface area (Å²) >= 11 is 6.18. The van der Waals surface area contributed by atoms with E-state index in [1.54, 1.807) is 24.4 Å². The molecular formula is C19H22ClN3O2. The minimum Gasteiger partial charge on any atom is -0.373 e. The number of benzene rings is 1. The Kier molecular flexibility index (Phi) is 5.89. The van der Waals surface area contributed by atoms with Gasteiger partial charge in [0.25, 0.3) is 5.91 Å². The molecule has 25 heavy (non-hydrogen) atoms. The standard InChI is InChI=1S/C19H22ClN3O2/c20-16-10-9-14(22-17-8-4-5-11-21-17)12-15(16)19(25)23-18(24)13-6-2-1-3-7-13/h4-5,8-13,18,24H,1-3,6-7H2,(H,21,22)(H,23,25). The molecule has 0 bridgehead atoms. The first-order valence-electron chi connectivity index (χ1n) is 8.60. The van der Waals surface area contributed by atoms with Crippen molar-refractivity contribution >= 4 is 29.0 Å². The van der Waals surface area contributed by atoms with Crippen LogP contribution < -0.4 is 10.6 Å². The molecule has 1 aromatic carbocycles. The minimum absolute atomic E-state index is 0.117. The van der Waals surface area contributed by atoms with Crippen molar-refractivity contribution in [2.24, 2.45) is 5.92 Å². The lowest BCUT2D eigenvalue weighted by atomic mass is 9.88. The third kappa shape index (κ3) is 4.71. The lowest BCUT2D eigenvalue weighted by molar-refractivity contribution is 0.0463. The SMILES string of the molecule is O=C(NC(O)C1CCCCC1)c1cc(Nc2ccccn2)ccc1Cl. The number of nitrogens with zero attached hydrogens (tertiary/aromatic N) is 1. The molecular weight excluding hydrogens is 338 g/mol. The second-order valence-corrected chi connectivity index (χ2v) is 6.76. The molecule has 0 spiro atoms. The van der Waals surface area contributed by atoms with Gasteiger partial charge in [-0.1, -0.05) is 36.9 Å². The number of carbonyl (C=O) groups is 1. The smallest absolute Gasteiger partial charge is 0.254 e. The molecule has 1 unspecified atom stereocenters. The van der Waals surface area contributed by atoms with Gasteiger partial charge >= 0.3 is 0 Å². The summed E-state index contributed by atoms with van der Waals surface area (Å²) in [5, 5.41) is 16.5. The molecule has 1 aliphatic rings. The average Bonchev–Trinajstić information content (AvgIpc) is 2.65. The van der Waals surface area contributed by atoms with E-state index >= 15 is 0 Å². The van der Waals surface area contributed by atoms with Crippen molar-refractivity contribution in [3.8, 4) is 0 Å². The van der Waals surface area contributed by atoms with E-state index in [9.17, 15) is 9.90 Å². The fraction of sp³-hybridized carbons (Fsp3) is 0.368. The Morgan fingerprint density at radius 3 is 2.72 bits per heavy atom. The van der Waals surface area contributed by atoms with Crippen LogP contribution in [0.2, 0.25) is 5.02 Å². The van der Waals surface area contributed by atoms with Crippen molar-refractivity contribution in [3.05, 3.63) is 53.2 Å². The molecule has 0 aliphatic heterocycles. The predicted octanol–water partition coefficient (Wildman–Crippen LogP) is 4.11. The highest BCUT2D eigenvalue weighted by Gasteiger charge is 2.24. The molecule has 1 heterocycles. The molecule has 2 aromatic rings. The first-order valence-corrected chi connectivity index (χ1v) is 8.98. The largest absolute Gasteiger partial charge is 0.373 e. The summed E-state index contributed by atoms with van der Waals surface area (Å²) in [6.45, 7) is 0. The fourth-order valence-electron chi connectivity index (χ4n) is 3.14. The Balaban J connectivity index is 1.69. The normalized spacial score (nSPS) is 16.2. The Bertz CT molecular complexity index is 718. The molecule has 1 saturated carbocycles. The molecule has 6 heteroatoms. The van der Waals surface area contributed by atoms with Gasteiger partial charge in [0.1, 0.15) is 12.0 Å². The third-order valence-electron chi connectivity index (χ3n) is 4.52. The maximum absolute atomic E-state index is 12.5. The van der Waals surface area contributed by atoms with Crippen LogP contribution in [-0.4, -0.2) is 22.2 Å². The van der Waals surface area contributed by atoms with E-state index < -0.39 is 6.23 Å². The van der Waals surface area contributed by atoms with E-state index in [-0.39, 0.29) is 11.8 Å². The number of aliphatic hydroxyl groups is 1. The number of halogens is 1. The molecule has 0 radical (unpaired) electrons. The minimum atomic E-state index is -0.837. The van der Waals surface area contributed by atoms with Crippen LogP contribution >= 0.6 is 11.6 Å². The van der Waals surface area contributed by atoms with Crippen LogP contribution in [0.3, 0.4) is 0 Å². The number of aromatic nitrogens is 1. The zero-order chi connectivity index (χ0) is 17.6. The van der Waals surface area contributed by atoms with Gasteiger partial charge in [-0.15, -0.1) is 0 Å². The fourth-order valence-corrected chi connectivity index (χ4v) is 3.34. The Labute approximate surface area is 152 Å². The van der Waals surface area contributed by atoms with Gasteiger partial charge in [0.05, 0.1) is 10.6 Å². The van der Waals surface area contributed by atoms with Gasteiger partial charge in [-0.25, -0.2) is 4.98 Å². The summed E-state index contributed by atoms with van der Waals surface area (Å²) in [7, 11) is 0. The van der Waals surface area contributed by atoms with E-state index in [2.05, 4.69) is 15.6 Å². The van der Waals surface area contributed by atoms with E-state index in [0.29, 0.717) is 22.1 Å². The highest BCUT2D eigenvalue weighted by Crippen LogP contribution is 2.27. The number of pyridine rings is 1. The molecule has 1 amide bonds. The van der Waals surface area contributed by atoms with Gasteiger partial charge in [-0.2, -0.15) is 0 Å². The van der Waals surface area contributed by atoms with E-state index in [1.165, 1.54) is 6.42 Å². The van der Waals surface area contributed by atoms with E-state index in [0.717, 1.165) is 25.7 Å². The first-order chi connectivity index (χ1) is 12.1. The maximum Gasteiger partial charge on any atom is 0.254 e. The van der Waals surface area contributed by atoms with Gasteiger partial charge in [-0.3, -0.25) is 4.79 Å². The number of amides is 1. The molecule has 3 N–H and O–H groups in total. The predicted molar refractivity (Wildman–Crippen MR) is 99.0 cm³/mol. The second kappa shape index (κ2) is 8.32. The average molecular weight is 360 g/mol. The summed E-state index contributed by atoms with van der Waals surface area (Å²) in [5.41, 5.74) is 1.04. The number of aliphatic hydroxyl groups excluding tert-OH is 1. The van der Waals surface area contributed by atoms with Gasteiger partial charge in [0.2, 0.25) is 0 Å². The van der Waals surface area contributed by atoms with Crippen LogP contribution in [0.5, 0.6) is 0 Å². The number of anilines is 2. The van der Waals surface area contributed by atoms with Crippen molar-refractivity contribution in [1.82, 2.24) is 10.3 Å². The number of hydrogen-bond donors (Lipinski definition) is 3. The Morgan fingerprint density at radius 2 is 2.00 bits per heavy atom. The molecule has 132 valence electrons. The summed E-state index contributed by atoms with van der Waals surface area (Å²) in [4.78, 5) is 16.7. The summed E-state index contributed by atoms with van der Waals surface area (Å²) in [6, 6.07) is 10.7. The van der Waals surface area contributed by atoms with Gasteiger partial charge < -0.3 is 15.7 Å². The van der Waals surface area contributed by atoms with Crippen molar-refractivity contribution < 1.29 is 9.90 Å². The van der Waals surface area contributed by atoms with Crippen LogP contribution in [-0.2, 0) is 0 Å². The molecule has 1 fully saturated rings. The van der Waals surface area contributed by atoms with Gasteiger partial charge in [0, 0.05) is 17.8 Å². The molecule has 1 aromatic heterocycles. The summed E-state index contributed by atoms with van der Waals surface area (Å²) in [5.74, 6) is 0.428. The maximum atomic E-state index is 12.5. The first kappa shape index (κ1) is 17.7. The molecule has 3 rings (SSSR count). The number of rotatable bonds is 5. The quantitative estimate of drug-likeness (QED) is 0.702. The zero-order valence-corrected chi connectivity index (χ0v) is 14.7. The lowest BCUT2D eigenvalue weighted by Gasteiger charge is -2.27. The molecule has 5 nitrogen and oxygen atoms in total. The van der Waals surface area contributed by atoms with Crippen LogP contribution in [0, 0.1) is 5.92 Å². The van der Waals surface area contributed by atoms with E-state index in [1.807, 2.05) is 18.2 Å². The highest BCUT2D eigenvalue weighted by molar-refractivity contribution is 6.34. The monoisotopic (exact) mass is 359 g/mol. The van der Waals surface area contributed by atoms with Crippen LogP contribution in [0.1, 0.15) is 42.5 Å². The highest BCUT2D eigenvalue weighted by atomic mass is 35.5. The van der Waals surface area contributed by atoms with Crippen molar-refractivity contribution in [2.75, 3.05) is 5.32 Å². The lowest BCUT2D eigenvalue weighted by Crippen LogP contribution is -2.41. The van der Waals surface area contributed by atoms with Crippen molar-refractivity contribution in [1.29, 1.82) is 0 Å². The van der Waals surface area contributed by atoms with Crippen LogP contribution in [0.15, 0.2) is 42.6 Å².